The van der Waals surface area contributed by atoms with Gasteiger partial charge in [-0.2, -0.15) is 0 Å². The van der Waals surface area contributed by atoms with Crippen LogP contribution in [0.3, 0.4) is 0 Å². The number of hydrogen-bond donors (Lipinski definition) is 0. The lowest BCUT2D eigenvalue weighted by molar-refractivity contribution is -0.167. The van der Waals surface area contributed by atoms with E-state index in [1.807, 2.05) is 0 Å². The van der Waals surface area contributed by atoms with Crippen LogP contribution in [-0.4, -0.2) is 37.2 Å². The Morgan fingerprint density at radius 2 is 0.355 bits per heavy atom. The maximum atomic E-state index is 12.9. The second-order valence-corrected chi connectivity index (χ2v) is 24.2. The number of rotatable bonds is 66. The summed E-state index contributed by atoms with van der Waals surface area (Å²) in [6, 6.07) is 0. The van der Waals surface area contributed by atoms with Crippen LogP contribution >= 0.6 is 0 Å². The van der Waals surface area contributed by atoms with Gasteiger partial charge in [0, 0.05) is 19.3 Å². The van der Waals surface area contributed by atoms with Crippen LogP contribution in [0, 0.1) is 0 Å². The molecule has 0 fully saturated rings. The highest BCUT2D eigenvalue weighted by Gasteiger charge is 2.19. The van der Waals surface area contributed by atoms with Gasteiger partial charge in [-0.25, -0.2) is 0 Å². The molecule has 0 amide bonds. The van der Waals surface area contributed by atoms with Gasteiger partial charge in [0.25, 0.3) is 0 Å². The van der Waals surface area contributed by atoms with Crippen LogP contribution in [0.25, 0.3) is 0 Å². The number of carbonyl (C=O) groups excluding carboxylic acids is 3. The summed E-state index contributed by atoms with van der Waals surface area (Å²) in [5, 5.41) is 0. The molecule has 0 aromatic carbocycles. The van der Waals surface area contributed by atoms with Crippen molar-refractivity contribution in [1.29, 1.82) is 0 Å². The molecule has 0 heterocycles. The lowest BCUT2D eigenvalue weighted by atomic mass is 10.0. The molecule has 0 rings (SSSR count). The van der Waals surface area contributed by atoms with Crippen molar-refractivity contribution in [1.82, 2.24) is 0 Å². The largest absolute Gasteiger partial charge is 0.462 e. The summed E-state index contributed by atoms with van der Waals surface area (Å²) < 4.78 is 17.0. The predicted molar refractivity (Wildman–Crippen MR) is 330 cm³/mol. The molecule has 6 heteroatoms. The van der Waals surface area contributed by atoms with Crippen molar-refractivity contribution in [3.63, 3.8) is 0 Å². The number of ether oxygens (including phenoxy) is 3. The van der Waals surface area contributed by atoms with Crippen molar-refractivity contribution in [3.05, 3.63) is 0 Å². The van der Waals surface area contributed by atoms with E-state index >= 15 is 0 Å². The van der Waals surface area contributed by atoms with E-state index in [9.17, 15) is 14.4 Å². The van der Waals surface area contributed by atoms with Crippen LogP contribution in [0.15, 0.2) is 0 Å². The van der Waals surface area contributed by atoms with E-state index in [-0.39, 0.29) is 31.1 Å². The highest BCUT2D eigenvalue weighted by molar-refractivity contribution is 5.71. The predicted octanol–water partition coefficient (Wildman–Crippen LogP) is 23.8. The van der Waals surface area contributed by atoms with Crippen molar-refractivity contribution in [2.45, 2.75) is 419 Å². The van der Waals surface area contributed by atoms with Gasteiger partial charge in [-0.15, -0.1) is 0 Å². The topological polar surface area (TPSA) is 78.9 Å². The molecular formula is C70H136O6. The Hall–Kier alpha value is -1.59. The molecule has 1 unspecified atom stereocenters. The molecular weight excluding hydrogens is 937 g/mol. The van der Waals surface area contributed by atoms with E-state index in [1.54, 1.807) is 0 Å². The highest BCUT2D eigenvalue weighted by Crippen LogP contribution is 2.19. The zero-order valence-corrected chi connectivity index (χ0v) is 52.1. The van der Waals surface area contributed by atoms with Gasteiger partial charge in [0.1, 0.15) is 13.2 Å². The summed E-state index contributed by atoms with van der Waals surface area (Å²) in [5.74, 6) is -0.822. The minimum atomic E-state index is -0.762. The third-order valence-electron chi connectivity index (χ3n) is 16.4. The second kappa shape index (κ2) is 65.9. The molecule has 0 radical (unpaired) electrons. The van der Waals surface area contributed by atoms with Crippen LogP contribution in [-0.2, 0) is 28.6 Å². The molecule has 0 bridgehead atoms. The van der Waals surface area contributed by atoms with Crippen LogP contribution in [0.2, 0.25) is 0 Å². The molecule has 0 saturated heterocycles. The zero-order valence-electron chi connectivity index (χ0n) is 52.1. The van der Waals surface area contributed by atoms with Gasteiger partial charge < -0.3 is 14.2 Å². The summed E-state index contributed by atoms with van der Waals surface area (Å²) >= 11 is 0. The summed E-state index contributed by atoms with van der Waals surface area (Å²) in [5.41, 5.74) is 0. The standard InChI is InChI=1S/C70H136O6/c1-4-7-10-13-16-19-22-25-27-29-30-31-32-33-34-35-36-37-38-39-41-42-45-48-51-54-57-60-63-69(72)75-66-67(65-74-68(71)62-59-56-53-50-47-44-24-21-18-15-12-9-6-3)76-70(73)64-61-58-55-52-49-46-43-40-28-26-23-20-17-14-11-8-5-2/h67H,4-66H2,1-3H3. The first-order chi connectivity index (χ1) is 37.5. The molecule has 6 nitrogen and oxygen atoms in total. The fraction of sp³-hybridized carbons (Fsp3) is 0.957. The molecule has 76 heavy (non-hydrogen) atoms. The normalized spacial score (nSPS) is 11.9. The van der Waals surface area contributed by atoms with Crippen molar-refractivity contribution in [2.24, 2.45) is 0 Å². The lowest BCUT2D eigenvalue weighted by Crippen LogP contribution is -2.30. The van der Waals surface area contributed by atoms with E-state index in [0.29, 0.717) is 19.3 Å². The quantitative estimate of drug-likeness (QED) is 0.0343. The third-order valence-corrected chi connectivity index (χ3v) is 16.4. The van der Waals surface area contributed by atoms with E-state index in [2.05, 4.69) is 20.8 Å². The van der Waals surface area contributed by atoms with Crippen LogP contribution in [0.1, 0.15) is 412 Å². The first kappa shape index (κ1) is 74.4. The van der Waals surface area contributed by atoms with Gasteiger partial charge in [-0.1, -0.05) is 374 Å². The minimum absolute atomic E-state index is 0.0603. The zero-order chi connectivity index (χ0) is 55.0. The first-order valence-corrected chi connectivity index (χ1v) is 35.0. The molecule has 0 N–H and O–H groups in total. The van der Waals surface area contributed by atoms with Gasteiger partial charge in [-0.3, -0.25) is 14.4 Å². The molecule has 0 spiro atoms. The van der Waals surface area contributed by atoms with Crippen LogP contribution in [0.4, 0.5) is 0 Å². The van der Waals surface area contributed by atoms with Gasteiger partial charge in [0.05, 0.1) is 0 Å². The number of hydrogen-bond acceptors (Lipinski definition) is 6. The van der Waals surface area contributed by atoms with Crippen LogP contribution < -0.4 is 0 Å². The Morgan fingerprint density at radius 3 is 0.526 bits per heavy atom. The Labute approximate surface area is 476 Å². The summed E-state index contributed by atoms with van der Waals surface area (Å²) in [6.45, 7) is 6.74. The van der Waals surface area contributed by atoms with Gasteiger partial charge in [0.2, 0.25) is 0 Å². The molecule has 0 aliphatic rings. The first-order valence-electron chi connectivity index (χ1n) is 35.0. The summed E-state index contributed by atoms with van der Waals surface area (Å²) in [4.78, 5) is 38.3. The maximum absolute atomic E-state index is 12.9. The molecule has 452 valence electrons. The van der Waals surface area contributed by atoms with Crippen molar-refractivity contribution in [3.8, 4) is 0 Å². The average molecular weight is 1070 g/mol. The molecule has 0 aromatic heterocycles. The maximum Gasteiger partial charge on any atom is 0.306 e. The molecule has 1 atom stereocenters. The van der Waals surface area contributed by atoms with Gasteiger partial charge in [0.15, 0.2) is 6.10 Å². The molecule has 0 aliphatic carbocycles. The lowest BCUT2D eigenvalue weighted by Gasteiger charge is -2.18. The van der Waals surface area contributed by atoms with Gasteiger partial charge >= 0.3 is 17.9 Å². The van der Waals surface area contributed by atoms with Crippen molar-refractivity contribution >= 4 is 17.9 Å². The van der Waals surface area contributed by atoms with E-state index in [0.717, 1.165) is 57.8 Å². The number of esters is 3. The molecule has 0 aliphatic heterocycles. The van der Waals surface area contributed by atoms with E-state index < -0.39 is 6.10 Å². The Morgan fingerprint density at radius 1 is 0.211 bits per heavy atom. The molecule has 0 aromatic rings. The fourth-order valence-electron chi connectivity index (χ4n) is 11.1. The Bertz CT molecular complexity index is 1140. The smallest absolute Gasteiger partial charge is 0.306 e. The van der Waals surface area contributed by atoms with Gasteiger partial charge in [-0.05, 0) is 19.3 Å². The fourth-order valence-corrected chi connectivity index (χ4v) is 11.1. The van der Waals surface area contributed by atoms with E-state index in [4.69, 9.17) is 14.2 Å². The van der Waals surface area contributed by atoms with Crippen molar-refractivity contribution < 1.29 is 28.6 Å². The molecule has 0 saturated carbocycles. The monoisotopic (exact) mass is 1070 g/mol. The Balaban J connectivity index is 4.13. The van der Waals surface area contributed by atoms with Crippen LogP contribution in [0.5, 0.6) is 0 Å². The summed E-state index contributed by atoms with van der Waals surface area (Å²) in [6.07, 6.45) is 77.1. The Kier molecular flexibility index (Phi) is 64.5. The number of unbranched alkanes of at least 4 members (excludes halogenated alkanes) is 55. The SMILES string of the molecule is CCCCCCCCCCCCCCCCCCCCCCCCCCCCCCC(=O)OCC(COC(=O)CCCCCCCCCCCCCCC)OC(=O)CCCCCCCCCCCCCCCCCCC. The van der Waals surface area contributed by atoms with Crippen molar-refractivity contribution in [2.75, 3.05) is 13.2 Å². The van der Waals surface area contributed by atoms with E-state index in [1.165, 1.54) is 315 Å². The second-order valence-electron chi connectivity index (χ2n) is 24.2. The minimum Gasteiger partial charge on any atom is -0.462 e. The average Bonchev–Trinajstić information content (AvgIpc) is 3.42. The number of carbonyl (C=O) groups is 3. The third kappa shape index (κ3) is 63.2. The summed E-state index contributed by atoms with van der Waals surface area (Å²) in [7, 11) is 0. The highest BCUT2D eigenvalue weighted by atomic mass is 16.6.